The Morgan fingerprint density at radius 1 is 1.25 bits per heavy atom. The second-order valence-corrected chi connectivity index (χ2v) is 4.44. The van der Waals surface area contributed by atoms with Crippen molar-refractivity contribution in [2.24, 2.45) is 4.99 Å². The van der Waals surface area contributed by atoms with E-state index in [1.54, 1.807) is 14.2 Å². The van der Waals surface area contributed by atoms with Crippen LogP contribution in [0, 0.1) is 0 Å². The summed E-state index contributed by atoms with van der Waals surface area (Å²) in [6.45, 7) is 1.32. The number of ether oxygens (including phenoxy) is 2. The fourth-order valence-electron chi connectivity index (χ4n) is 1.63. The summed E-state index contributed by atoms with van der Waals surface area (Å²) in [6.07, 6.45) is 2.48. The molecule has 2 rings (SSSR count). The second-order valence-electron chi connectivity index (χ2n) is 4.44. The third-order valence-electron chi connectivity index (χ3n) is 2.86. The van der Waals surface area contributed by atoms with Crippen LogP contribution in [-0.4, -0.2) is 39.3 Å². The summed E-state index contributed by atoms with van der Waals surface area (Å²) >= 11 is 0. The zero-order valence-electron chi connectivity index (χ0n) is 11.9. The van der Waals surface area contributed by atoms with Crippen LogP contribution >= 0.6 is 24.0 Å². The number of hydrogen-bond donors (Lipinski definition) is 2. The molecule has 0 heterocycles. The number of rotatable bonds is 6. The molecule has 1 saturated carbocycles. The van der Waals surface area contributed by atoms with E-state index in [1.165, 1.54) is 12.8 Å². The maximum absolute atomic E-state index is 5.62. The van der Waals surface area contributed by atoms with E-state index in [-0.39, 0.29) is 24.0 Å². The van der Waals surface area contributed by atoms with Gasteiger partial charge in [-0.1, -0.05) is 0 Å². The monoisotopic (exact) mass is 391 g/mol. The van der Waals surface area contributed by atoms with Gasteiger partial charge in [0.1, 0.15) is 18.1 Å². The standard InChI is InChI=1S/C14H21N3O2.HI/c1-15-14(17-11-3-4-11)16-9-10-19-13-7-5-12(18-2)6-8-13;/h5-8,11H,3-4,9-10H2,1-2H3,(H2,15,16,17);1H. The molecule has 6 heteroatoms. The summed E-state index contributed by atoms with van der Waals surface area (Å²) in [5, 5.41) is 6.54. The fourth-order valence-corrected chi connectivity index (χ4v) is 1.63. The molecule has 20 heavy (non-hydrogen) atoms. The van der Waals surface area contributed by atoms with Crippen molar-refractivity contribution in [3.05, 3.63) is 24.3 Å². The van der Waals surface area contributed by atoms with Crippen LogP contribution in [0.3, 0.4) is 0 Å². The van der Waals surface area contributed by atoms with Gasteiger partial charge in [-0.15, -0.1) is 24.0 Å². The van der Waals surface area contributed by atoms with Crippen molar-refractivity contribution >= 4 is 29.9 Å². The van der Waals surface area contributed by atoms with Crippen LogP contribution in [-0.2, 0) is 0 Å². The van der Waals surface area contributed by atoms with Gasteiger partial charge < -0.3 is 20.1 Å². The number of hydrogen-bond acceptors (Lipinski definition) is 3. The molecule has 0 radical (unpaired) electrons. The Balaban J connectivity index is 0.00000200. The molecule has 5 nitrogen and oxygen atoms in total. The van der Waals surface area contributed by atoms with Crippen LogP contribution < -0.4 is 20.1 Å². The third-order valence-corrected chi connectivity index (χ3v) is 2.86. The zero-order chi connectivity index (χ0) is 13.5. The van der Waals surface area contributed by atoms with E-state index in [0.29, 0.717) is 12.6 Å². The minimum Gasteiger partial charge on any atom is -0.497 e. The van der Waals surface area contributed by atoms with Gasteiger partial charge in [0.05, 0.1) is 13.7 Å². The topological polar surface area (TPSA) is 54.9 Å². The summed E-state index contributed by atoms with van der Waals surface area (Å²) in [5.74, 6) is 2.52. The molecule has 1 fully saturated rings. The van der Waals surface area contributed by atoms with Gasteiger partial charge in [0.25, 0.3) is 0 Å². The third kappa shape index (κ3) is 5.85. The van der Waals surface area contributed by atoms with Gasteiger partial charge in [0.15, 0.2) is 5.96 Å². The van der Waals surface area contributed by atoms with Crippen molar-refractivity contribution in [2.75, 3.05) is 27.3 Å². The van der Waals surface area contributed by atoms with E-state index in [4.69, 9.17) is 9.47 Å². The van der Waals surface area contributed by atoms with E-state index in [0.717, 1.165) is 24.0 Å². The van der Waals surface area contributed by atoms with Crippen molar-refractivity contribution in [1.29, 1.82) is 0 Å². The van der Waals surface area contributed by atoms with Gasteiger partial charge in [-0.2, -0.15) is 0 Å². The van der Waals surface area contributed by atoms with Gasteiger partial charge in [-0.3, -0.25) is 4.99 Å². The normalized spacial score (nSPS) is 14.2. The van der Waals surface area contributed by atoms with Crippen molar-refractivity contribution < 1.29 is 9.47 Å². The fraction of sp³-hybridized carbons (Fsp3) is 0.500. The Bertz CT molecular complexity index is 419. The highest BCUT2D eigenvalue weighted by Crippen LogP contribution is 2.18. The summed E-state index contributed by atoms with van der Waals surface area (Å²) in [7, 11) is 3.43. The maximum atomic E-state index is 5.62. The zero-order valence-corrected chi connectivity index (χ0v) is 14.2. The van der Waals surface area contributed by atoms with E-state index >= 15 is 0 Å². The number of halogens is 1. The molecule has 1 aromatic rings. The van der Waals surface area contributed by atoms with Gasteiger partial charge in [0.2, 0.25) is 0 Å². The molecule has 2 N–H and O–H groups in total. The Hall–Kier alpha value is -1.18. The predicted molar refractivity (Wildman–Crippen MR) is 91.4 cm³/mol. The van der Waals surface area contributed by atoms with Crippen LogP contribution in [0.15, 0.2) is 29.3 Å². The molecule has 0 spiro atoms. The largest absolute Gasteiger partial charge is 0.497 e. The van der Waals surface area contributed by atoms with Crippen LogP contribution in [0.2, 0.25) is 0 Å². The van der Waals surface area contributed by atoms with E-state index in [9.17, 15) is 0 Å². The number of guanidine groups is 1. The molecule has 0 atom stereocenters. The lowest BCUT2D eigenvalue weighted by molar-refractivity contribution is 0.321. The first-order valence-electron chi connectivity index (χ1n) is 6.56. The highest BCUT2D eigenvalue weighted by atomic mass is 127. The molecule has 1 aliphatic rings. The predicted octanol–water partition coefficient (Wildman–Crippen LogP) is 2.02. The maximum Gasteiger partial charge on any atom is 0.191 e. The van der Waals surface area contributed by atoms with Crippen molar-refractivity contribution in [1.82, 2.24) is 10.6 Å². The first-order valence-corrected chi connectivity index (χ1v) is 6.56. The summed E-state index contributed by atoms with van der Waals surface area (Å²) in [6, 6.07) is 8.17. The summed E-state index contributed by atoms with van der Waals surface area (Å²) in [5.41, 5.74) is 0. The minimum atomic E-state index is 0. The Labute approximate surface area is 137 Å². The smallest absolute Gasteiger partial charge is 0.191 e. The van der Waals surface area contributed by atoms with Gasteiger partial charge in [0, 0.05) is 13.1 Å². The lowest BCUT2D eigenvalue weighted by Gasteiger charge is -2.12. The van der Waals surface area contributed by atoms with Crippen molar-refractivity contribution in [3.63, 3.8) is 0 Å². The van der Waals surface area contributed by atoms with Crippen LogP contribution in [0.25, 0.3) is 0 Å². The van der Waals surface area contributed by atoms with Gasteiger partial charge in [-0.25, -0.2) is 0 Å². The molecule has 1 aromatic carbocycles. The molecular weight excluding hydrogens is 369 g/mol. The number of nitrogens with zero attached hydrogens (tertiary/aromatic N) is 1. The second kappa shape index (κ2) is 8.89. The van der Waals surface area contributed by atoms with Gasteiger partial charge >= 0.3 is 0 Å². The van der Waals surface area contributed by atoms with Crippen LogP contribution in [0.1, 0.15) is 12.8 Å². The molecule has 112 valence electrons. The quantitative estimate of drug-likeness (QED) is 0.337. The lowest BCUT2D eigenvalue weighted by Crippen LogP contribution is -2.40. The number of nitrogens with one attached hydrogen (secondary N) is 2. The average Bonchev–Trinajstić information content (AvgIpc) is 3.27. The number of methoxy groups -OCH3 is 1. The van der Waals surface area contributed by atoms with Gasteiger partial charge in [-0.05, 0) is 37.1 Å². The molecule has 1 aliphatic carbocycles. The first kappa shape index (κ1) is 16.9. The lowest BCUT2D eigenvalue weighted by atomic mass is 10.3. The van der Waals surface area contributed by atoms with E-state index in [2.05, 4.69) is 15.6 Å². The molecule has 0 aliphatic heterocycles. The Morgan fingerprint density at radius 3 is 2.45 bits per heavy atom. The Kier molecular flexibility index (Phi) is 7.50. The van der Waals surface area contributed by atoms with Crippen molar-refractivity contribution in [2.45, 2.75) is 18.9 Å². The average molecular weight is 391 g/mol. The highest BCUT2D eigenvalue weighted by Gasteiger charge is 2.21. The van der Waals surface area contributed by atoms with Crippen molar-refractivity contribution in [3.8, 4) is 11.5 Å². The van der Waals surface area contributed by atoms with Crippen LogP contribution in [0.5, 0.6) is 11.5 Å². The molecule has 0 unspecified atom stereocenters. The Morgan fingerprint density at radius 2 is 1.90 bits per heavy atom. The first-order chi connectivity index (χ1) is 9.31. The number of aliphatic imine (C=N–C) groups is 1. The van der Waals surface area contributed by atoms with Crippen LogP contribution in [0.4, 0.5) is 0 Å². The highest BCUT2D eigenvalue weighted by molar-refractivity contribution is 14.0. The molecule has 0 bridgehead atoms. The molecule has 0 saturated heterocycles. The minimum absolute atomic E-state index is 0. The van der Waals surface area contributed by atoms with E-state index in [1.807, 2.05) is 24.3 Å². The molecular formula is C14H22IN3O2. The SMILES string of the molecule is CN=C(NCCOc1ccc(OC)cc1)NC1CC1.I. The van der Waals surface area contributed by atoms with E-state index < -0.39 is 0 Å². The molecule has 0 amide bonds. The summed E-state index contributed by atoms with van der Waals surface area (Å²) < 4.78 is 10.7. The summed E-state index contributed by atoms with van der Waals surface area (Å²) in [4.78, 5) is 4.16. The molecule has 0 aromatic heterocycles. The number of benzene rings is 1.